The maximum atomic E-state index is 13.1. The average Bonchev–Trinajstić information content (AvgIpc) is 2.38. The second-order valence-electron chi connectivity index (χ2n) is 4.35. The first-order valence-electron chi connectivity index (χ1n) is 5.68. The van der Waals surface area contributed by atoms with Gasteiger partial charge in [-0.15, -0.1) is 0 Å². The topological polar surface area (TPSA) is 44.1 Å². The van der Waals surface area contributed by atoms with Gasteiger partial charge in [0.2, 0.25) is 0 Å². The maximum absolute atomic E-state index is 13.1. The van der Waals surface area contributed by atoms with Crippen molar-refractivity contribution in [2.24, 2.45) is 0 Å². The Hall–Kier alpha value is -1.96. The normalized spacial score (nSPS) is 18.2. The summed E-state index contributed by atoms with van der Waals surface area (Å²) in [5.41, 5.74) is 1.39. The van der Waals surface area contributed by atoms with E-state index in [0.717, 1.165) is 0 Å². The molecule has 0 bridgehead atoms. The van der Waals surface area contributed by atoms with Crippen LogP contribution in [0.2, 0.25) is 0 Å². The first kappa shape index (κ1) is 12.5. The van der Waals surface area contributed by atoms with Crippen LogP contribution in [0.4, 0.5) is 14.5 Å². The third-order valence-electron chi connectivity index (χ3n) is 3.11. The van der Waals surface area contributed by atoms with Crippen molar-refractivity contribution in [3.8, 4) is 6.07 Å². The molecular weight excluding hydrogens is 238 g/mol. The Balaban J connectivity index is 2.24. The molecule has 1 aromatic carbocycles. The van der Waals surface area contributed by atoms with Crippen molar-refractivity contribution in [1.82, 2.24) is 0 Å². The molecule has 2 rings (SSSR count). The molecule has 1 aliphatic rings. The van der Waals surface area contributed by atoms with Crippen LogP contribution in [0.5, 0.6) is 0 Å². The number of alkyl halides is 2. The Kier molecular flexibility index (Phi) is 3.28. The lowest BCUT2D eigenvalue weighted by Crippen LogP contribution is -2.39. The Morgan fingerprint density at radius 1 is 1.33 bits per heavy atom. The first-order chi connectivity index (χ1) is 8.55. The minimum absolute atomic E-state index is 0.201. The van der Waals surface area contributed by atoms with Gasteiger partial charge < -0.3 is 4.90 Å². The van der Waals surface area contributed by atoms with E-state index in [4.69, 9.17) is 5.26 Å². The number of hydrogen-bond acceptors (Lipinski definition) is 3. The summed E-state index contributed by atoms with van der Waals surface area (Å²) in [6, 6.07) is 6.72. The number of nitriles is 1. The number of piperidine rings is 1. The Morgan fingerprint density at radius 3 is 2.56 bits per heavy atom. The zero-order chi connectivity index (χ0) is 13.2. The number of halogens is 2. The standard InChI is InChI=1S/C13H12F2N2O/c14-13(15)3-5-17(6-4-13)12-2-1-10(9-18)7-11(12)8-16/h1-2,7,9H,3-6H2. The average molecular weight is 250 g/mol. The molecule has 5 heteroatoms. The van der Waals surface area contributed by atoms with Gasteiger partial charge in [0.15, 0.2) is 0 Å². The highest BCUT2D eigenvalue weighted by Gasteiger charge is 2.34. The number of hydrogen-bond donors (Lipinski definition) is 0. The Morgan fingerprint density at radius 2 is 2.00 bits per heavy atom. The monoisotopic (exact) mass is 250 g/mol. The number of carbonyl (C=O) groups is 1. The van der Waals surface area contributed by atoms with Crippen LogP contribution in [-0.2, 0) is 0 Å². The van der Waals surface area contributed by atoms with Crippen molar-refractivity contribution in [2.45, 2.75) is 18.8 Å². The fraction of sp³-hybridized carbons (Fsp3) is 0.385. The van der Waals surface area contributed by atoms with Crippen LogP contribution < -0.4 is 4.90 Å². The predicted octanol–water partition coefficient (Wildman–Crippen LogP) is 2.61. The summed E-state index contributed by atoms with van der Waals surface area (Å²) in [6.07, 6.45) is 0.259. The van der Waals surface area contributed by atoms with Crippen LogP contribution in [-0.4, -0.2) is 25.3 Å². The molecule has 3 nitrogen and oxygen atoms in total. The third-order valence-corrected chi connectivity index (χ3v) is 3.11. The van der Waals surface area contributed by atoms with Gasteiger partial charge in [-0.2, -0.15) is 5.26 Å². The zero-order valence-corrected chi connectivity index (χ0v) is 9.70. The molecule has 18 heavy (non-hydrogen) atoms. The summed E-state index contributed by atoms with van der Waals surface area (Å²) in [5, 5.41) is 9.03. The zero-order valence-electron chi connectivity index (χ0n) is 9.70. The van der Waals surface area contributed by atoms with Crippen LogP contribution in [0.3, 0.4) is 0 Å². The lowest BCUT2D eigenvalue weighted by atomic mass is 10.0. The SMILES string of the molecule is N#Cc1cc(C=O)ccc1N1CCC(F)(F)CC1. The van der Waals surface area contributed by atoms with Crippen molar-refractivity contribution < 1.29 is 13.6 Å². The molecule has 0 aromatic heterocycles. The lowest BCUT2D eigenvalue weighted by Gasteiger charge is -2.33. The molecule has 1 heterocycles. The van der Waals surface area contributed by atoms with Gasteiger partial charge in [-0.05, 0) is 18.2 Å². The molecule has 1 aromatic rings. The van der Waals surface area contributed by atoms with Crippen LogP contribution in [0.25, 0.3) is 0 Å². The van der Waals surface area contributed by atoms with Crippen molar-refractivity contribution >= 4 is 12.0 Å². The molecule has 0 saturated carbocycles. The summed E-state index contributed by atoms with van der Waals surface area (Å²) < 4.78 is 26.1. The minimum Gasteiger partial charge on any atom is -0.370 e. The van der Waals surface area contributed by atoms with Gasteiger partial charge in [-0.3, -0.25) is 4.79 Å². The van der Waals surface area contributed by atoms with Crippen molar-refractivity contribution in [3.05, 3.63) is 29.3 Å². The van der Waals surface area contributed by atoms with E-state index in [0.29, 0.717) is 23.1 Å². The van der Waals surface area contributed by atoms with Crippen LogP contribution in [0.15, 0.2) is 18.2 Å². The minimum atomic E-state index is -2.61. The van der Waals surface area contributed by atoms with E-state index in [1.807, 2.05) is 6.07 Å². The number of benzene rings is 1. The van der Waals surface area contributed by atoms with Crippen molar-refractivity contribution in [1.29, 1.82) is 5.26 Å². The molecule has 0 aliphatic carbocycles. The highest BCUT2D eigenvalue weighted by molar-refractivity contribution is 5.78. The molecule has 1 aliphatic heterocycles. The molecule has 1 fully saturated rings. The second kappa shape index (κ2) is 4.73. The number of carbonyl (C=O) groups excluding carboxylic acids is 1. The number of anilines is 1. The Labute approximate surface area is 104 Å². The molecule has 0 spiro atoms. The lowest BCUT2D eigenvalue weighted by molar-refractivity contribution is -0.0220. The van der Waals surface area contributed by atoms with Gasteiger partial charge >= 0.3 is 0 Å². The van der Waals surface area contributed by atoms with Crippen LogP contribution in [0, 0.1) is 11.3 Å². The number of rotatable bonds is 2. The van der Waals surface area contributed by atoms with E-state index in [2.05, 4.69) is 0 Å². The fourth-order valence-electron chi connectivity index (χ4n) is 2.07. The van der Waals surface area contributed by atoms with Gasteiger partial charge in [0.25, 0.3) is 5.92 Å². The molecule has 0 radical (unpaired) electrons. The van der Waals surface area contributed by atoms with E-state index in [9.17, 15) is 13.6 Å². The largest absolute Gasteiger partial charge is 0.370 e. The predicted molar refractivity (Wildman–Crippen MR) is 62.9 cm³/mol. The Bertz CT molecular complexity index is 498. The molecule has 0 unspecified atom stereocenters. The van der Waals surface area contributed by atoms with Gasteiger partial charge in [0.1, 0.15) is 12.4 Å². The summed E-state index contributed by atoms with van der Waals surface area (Å²) in [5.74, 6) is -2.61. The summed E-state index contributed by atoms with van der Waals surface area (Å²) in [6.45, 7) is 0.449. The van der Waals surface area contributed by atoms with E-state index in [-0.39, 0.29) is 25.9 Å². The smallest absolute Gasteiger partial charge is 0.251 e. The van der Waals surface area contributed by atoms with Gasteiger partial charge in [0, 0.05) is 31.5 Å². The van der Waals surface area contributed by atoms with Crippen molar-refractivity contribution in [3.63, 3.8) is 0 Å². The third kappa shape index (κ3) is 2.48. The fourth-order valence-corrected chi connectivity index (χ4v) is 2.07. The van der Waals surface area contributed by atoms with Crippen LogP contribution >= 0.6 is 0 Å². The van der Waals surface area contributed by atoms with Gasteiger partial charge in [-0.1, -0.05) is 0 Å². The molecular formula is C13H12F2N2O. The van der Waals surface area contributed by atoms with E-state index >= 15 is 0 Å². The second-order valence-corrected chi connectivity index (χ2v) is 4.35. The molecule has 1 saturated heterocycles. The number of nitrogens with zero attached hydrogens (tertiary/aromatic N) is 2. The molecule has 0 amide bonds. The van der Waals surface area contributed by atoms with Gasteiger partial charge in [0.05, 0.1) is 11.3 Å². The molecule has 94 valence electrons. The highest BCUT2D eigenvalue weighted by Crippen LogP contribution is 2.31. The maximum Gasteiger partial charge on any atom is 0.251 e. The summed E-state index contributed by atoms with van der Waals surface area (Å²) in [4.78, 5) is 12.4. The van der Waals surface area contributed by atoms with E-state index in [1.165, 1.54) is 6.07 Å². The summed E-state index contributed by atoms with van der Waals surface area (Å²) >= 11 is 0. The highest BCUT2D eigenvalue weighted by atomic mass is 19.3. The molecule has 0 atom stereocenters. The summed E-state index contributed by atoms with van der Waals surface area (Å²) in [7, 11) is 0. The van der Waals surface area contributed by atoms with Gasteiger partial charge in [-0.25, -0.2) is 8.78 Å². The van der Waals surface area contributed by atoms with E-state index < -0.39 is 5.92 Å². The molecule has 0 N–H and O–H groups in total. The van der Waals surface area contributed by atoms with Crippen LogP contribution in [0.1, 0.15) is 28.8 Å². The number of aldehydes is 1. The van der Waals surface area contributed by atoms with E-state index in [1.54, 1.807) is 17.0 Å². The quantitative estimate of drug-likeness (QED) is 0.758. The van der Waals surface area contributed by atoms with Crippen molar-refractivity contribution in [2.75, 3.05) is 18.0 Å². The first-order valence-corrected chi connectivity index (χ1v) is 5.68.